The van der Waals surface area contributed by atoms with Crippen molar-refractivity contribution >= 4 is 12.0 Å². The topological polar surface area (TPSA) is 58.6 Å². The van der Waals surface area contributed by atoms with E-state index in [0.29, 0.717) is 6.61 Å². The van der Waals surface area contributed by atoms with Gasteiger partial charge in [0.25, 0.3) is 0 Å². The molecule has 0 aromatic carbocycles. The van der Waals surface area contributed by atoms with E-state index in [1.807, 2.05) is 27.7 Å². The number of rotatable bonds is 5. The van der Waals surface area contributed by atoms with Crippen molar-refractivity contribution in [1.82, 2.24) is 10.2 Å². The van der Waals surface area contributed by atoms with Crippen LogP contribution >= 0.6 is 0 Å². The number of nitrogens with one attached hydrogen (secondary N) is 1. The normalized spacial score (nSPS) is 10.4. The summed E-state index contributed by atoms with van der Waals surface area (Å²) in [6.45, 7) is 9.71. The average Bonchev–Trinajstić information content (AvgIpc) is 2.14. The van der Waals surface area contributed by atoms with Gasteiger partial charge in [-0.2, -0.15) is 0 Å². The van der Waals surface area contributed by atoms with E-state index >= 15 is 0 Å². The summed E-state index contributed by atoms with van der Waals surface area (Å²) in [5.74, 6) is -0.414. The van der Waals surface area contributed by atoms with Gasteiger partial charge in [0.05, 0.1) is 6.61 Å². The molecule has 0 aliphatic heterocycles. The second-order valence-corrected chi connectivity index (χ2v) is 4.06. The van der Waals surface area contributed by atoms with Crippen LogP contribution < -0.4 is 5.32 Å². The smallest absolute Gasteiger partial charge is 0.325 e. The fourth-order valence-corrected chi connectivity index (χ4v) is 1.52. The molecule has 5 heteroatoms. The fourth-order valence-electron chi connectivity index (χ4n) is 1.52. The highest BCUT2D eigenvalue weighted by atomic mass is 16.5. The van der Waals surface area contributed by atoms with E-state index < -0.39 is 5.97 Å². The molecule has 1 N–H and O–H groups in total. The van der Waals surface area contributed by atoms with Gasteiger partial charge >= 0.3 is 12.0 Å². The standard InChI is InChI=1S/C11H22N2O3/c1-6-16-10(14)7-12-11(15)13(8(2)3)9(4)5/h8-9H,6-7H2,1-5H3,(H,12,15). The molecular formula is C11H22N2O3. The Bertz CT molecular complexity index is 231. The lowest BCUT2D eigenvalue weighted by molar-refractivity contribution is -0.141. The van der Waals surface area contributed by atoms with E-state index in [1.54, 1.807) is 11.8 Å². The Morgan fingerprint density at radius 2 is 1.69 bits per heavy atom. The average molecular weight is 230 g/mol. The minimum atomic E-state index is -0.414. The summed E-state index contributed by atoms with van der Waals surface area (Å²) in [6.07, 6.45) is 0. The number of hydrogen-bond acceptors (Lipinski definition) is 3. The van der Waals surface area contributed by atoms with Crippen LogP contribution in [0.4, 0.5) is 4.79 Å². The predicted molar refractivity (Wildman–Crippen MR) is 62.1 cm³/mol. The number of carbonyl (C=O) groups is 2. The highest BCUT2D eigenvalue weighted by molar-refractivity contribution is 5.81. The third-order valence-corrected chi connectivity index (χ3v) is 2.04. The lowest BCUT2D eigenvalue weighted by Crippen LogP contribution is -2.49. The molecule has 0 heterocycles. The van der Waals surface area contributed by atoms with Gasteiger partial charge in [-0.1, -0.05) is 0 Å². The van der Waals surface area contributed by atoms with Crippen molar-refractivity contribution in [3.05, 3.63) is 0 Å². The van der Waals surface area contributed by atoms with E-state index in [9.17, 15) is 9.59 Å². The lowest BCUT2D eigenvalue weighted by atomic mass is 10.2. The van der Waals surface area contributed by atoms with Crippen molar-refractivity contribution < 1.29 is 14.3 Å². The second-order valence-electron chi connectivity index (χ2n) is 4.06. The van der Waals surface area contributed by atoms with Crippen LogP contribution in [0.25, 0.3) is 0 Å². The molecule has 0 aliphatic rings. The highest BCUT2D eigenvalue weighted by Gasteiger charge is 2.20. The van der Waals surface area contributed by atoms with Crippen LogP contribution in [0.15, 0.2) is 0 Å². The van der Waals surface area contributed by atoms with E-state index in [0.717, 1.165) is 0 Å². The Morgan fingerprint density at radius 1 is 1.19 bits per heavy atom. The fraction of sp³-hybridized carbons (Fsp3) is 0.818. The van der Waals surface area contributed by atoms with Gasteiger partial charge in [0.1, 0.15) is 6.54 Å². The van der Waals surface area contributed by atoms with Gasteiger partial charge in [-0.05, 0) is 34.6 Å². The van der Waals surface area contributed by atoms with Crippen LogP contribution in [0.5, 0.6) is 0 Å². The molecule has 0 aromatic heterocycles. The largest absolute Gasteiger partial charge is 0.465 e. The summed E-state index contributed by atoms with van der Waals surface area (Å²) < 4.78 is 4.72. The molecule has 0 bridgehead atoms. The molecule has 0 radical (unpaired) electrons. The van der Waals surface area contributed by atoms with Crippen molar-refractivity contribution in [3.8, 4) is 0 Å². The molecule has 0 fully saturated rings. The molecule has 0 atom stereocenters. The van der Waals surface area contributed by atoms with Crippen LogP contribution in [0.1, 0.15) is 34.6 Å². The van der Waals surface area contributed by atoms with Gasteiger partial charge in [0.2, 0.25) is 0 Å². The van der Waals surface area contributed by atoms with E-state index in [-0.39, 0.29) is 24.7 Å². The molecule has 2 amide bonds. The zero-order chi connectivity index (χ0) is 12.7. The van der Waals surface area contributed by atoms with Gasteiger partial charge in [0.15, 0.2) is 0 Å². The Labute approximate surface area is 97.1 Å². The van der Waals surface area contributed by atoms with Crippen molar-refractivity contribution in [2.24, 2.45) is 0 Å². The number of carbonyl (C=O) groups excluding carboxylic acids is 2. The van der Waals surface area contributed by atoms with Crippen LogP contribution in [0, 0.1) is 0 Å². The van der Waals surface area contributed by atoms with Gasteiger partial charge in [-0.15, -0.1) is 0 Å². The lowest BCUT2D eigenvalue weighted by Gasteiger charge is -2.30. The summed E-state index contributed by atoms with van der Waals surface area (Å²) in [5.41, 5.74) is 0. The molecule has 0 rings (SSSR count). The van der Waals surface area contributed by atoms with E-state index in [4.69, 9.17) is 4.74 Å². The molecule has 0 saturated heterocycles. The van der Waals surface area contributed by atoms with Gasteiger partial charge in [-0.3, -0.25) is 4.79 Å². The van der Waals surface area contributed by atoms with Crippen LogP contribution in [-0.2, 0) is 9.53 Å². The molecule has 16 heavy (non-hydrogen) atoms. The highest BCUT2D eigenvalue weighted by Crippen LogP contribution is 2.04. The molecule has 94 valence electrons. The molecule has 0 aromatic rings. The molecule has 0 spiro atoms. The Morgan fingerprint density at radius 3 is 2.06 bits per heavy atom. The van der Waals surface area contributed by atoms with Gasteiger partial charge in [-0.25, -0.2) is 4.79 Å². The number of urea groups is 1. The van der Waals surface area contributed by atoms with Crippen molar-refractivity contribution in [3.63, 3.8) is 0 Å². The van der Waals surface area contributed by atoms with E-state index in [1.165, 1.54) is 0 Å². The zero-order valence-corrected chi connectivity index (χ0v) is 10.7. The molecule has 0 aliphatic carbocycles. The maximum Gasteiger partial charge on any atom is 0.325 e. The second kappa shape index (κ2) is 7.09. The Hall–Kier alpha value is -1.26. The summed E-state index contributed by atoms with van der Waals surface area (Å²) in [5, 5.41) is 2.54. The molecule has 0 unspecified atom stereocenters. The summed E-state index contributed by atoms with van der Waals surface area (Å²) >= 11 is 0. The first-order valence-corrected chi connectivity index (χ1v) is 5.61. The molecular weight excluding hydrogens is 208 g/mol. The minimum Gasteiger partial charge on any atom is -0.465 e. The monoisotopic (exact) mass is 230 g/mol. The SMILES string of the molecule is CCOC(=O)CNC(=O)N(C(C)C)C(C)C. The summed E-state index contributed by atoms with van der Waals surface area (Å²) in [6, 6.07) is -0.0394. The quantitative estimate of drug-likeness (QED) is 0.726. The summed E-state index contributed by atoms with van der Waals surface area (Å²) in [4.78, 5) is 24.5. The maximum atomic E-state index is 11.7. The van der Waals surface area contributed by atoms with Gasteiger partial charge < -0.3 is 15.0 Å². The van der Waals surface area contributed by atoms with Crippen LogP contribution in [-0.4, -0.2) is 42.1 Å². The van der Waals surface area contributed by atoms with E-state index in [2.05, 4.69) is 5.32 Å². The summed E-state index contributed by atoms with van der Waals surface area (Å²) in [7, 11) is 0. The van der Waals surface area contributed by atoms with Crippen LogP contribution in [0.3, 0.4) is 0 Å². The number of nitrogens with zero attached hydrogens (tertiary/aromatic N) is 1. The van der Waals surface area contributed by atoms with Crippen molar-refractivity contribution in [2.45, 2.75) is 46.7 Å². The molecule has 5 nitrogen and oxygen atoms in total. The van der Waals surface area contributed by atoms with Crippen molar-refractivity contribution in [2.75, 3.05) is 13.2 Å². The first-order chi connectivity index (χ1) is 7.40. The number of esters is 1. The van der Waals surface area contributed by atoms with Crippen LogP contribution in [0.2, 0.25) is 0 Å². The number of hydrogen-bond donors (Lipinski definition) is 1. The number of ether oxygens (including phenoxy) is 1. The first-order valence-electron chi connectivity index (χ1n) is 5.61. The number of amides is 2. The maximum absolute atomic E-state index is 11.7. The van der Waals surface area contributed by atoms with Crippen molar-refractivity contribution in [1.29, 1.82) is 0 Å². The predicted octanol–water partition coefficient (Wildman–Crippen LogP) is 1.38. The molecule has 0 saturated carbocycles. The Kier molecular flexibility index (Phi) is 6.53. The third kappa shape index (κ3) is 5.00. The zero-order valence-electron chi connectivity index (χ0n) is 10.7. The third-order valence-electron chi connectivity index (χ3n) is 2.04. The Balaban J connectivity index is 4.17. The minimum absolute atomic E-state index is 0.0807. The first kappa shape index (κ1) is 14.7. The van der Waals surface area contributed by atoms with Gasteiger partial charge in [0, 0.05) is 12.1 Å².